The number of amides is 1. The molecule has 0 bridgehead atoms. The van der Waals surface area contributed by atoms with Crippen LogP contribution >= 0.6 is 22.6 Å². The van der Waals surface area contributed by atoms with Gasteiger partial charge >= 0.3 is 0 Å². The Morgan fingerprint density at radius 2 is 2.00 bits per heavy atom. The summed E-state index contributed by atoms with van der Waals surface area (Å²) in [6.07, 6.45) is 0. The zero-order valence-electron chi connectivity index (χ0n) is 9.90. The molecule has 1 atom stereocenters. The standard InChI is InChI=1S/C12H17IN2O2/c1-12(2,17)10(14)11(16)15-7-8-3-5-9(13)6-4-8/h3-6,10,17H,7,14H2,1-2H3,(H,15,16)/t10-/m1/s1. The van der Waals surface area contributed by atoms with E-state index < -0.39 is 11.6 Å². The lowest BCUT2D eigenvalue weighted by atomic mass is 9.99. The highest BCUT2D eigenvalue weighted by Gasteiger charge is 2.29. The van der Waals surface area contributed by atoms with E-state index in [1.54, 1.807) is 0 Å². The molecule has 0 heterocycles. The Bertz CT molecular complexity index is 384. The van der Waals surface area contributed by atoms with Gasteiger partial charge in [-0.1, -0.05) is 12.1 Å². The number of nitrogens with two attached hydrogens (primary N) is 1. The van der Waals surface area contributed by atoms with Crippen LogP contribution in [0, 0.1) is 3.57 Å². The molecule has 0 aromatic heterocycles. The van der Waals surface area contributed by atoms with Gasteiger partial charge in [0.2, 0.25) is 5.91 Å². The molecule has 1 aromatic carbocycles. The highest BCUT2D eigenvalue weighted by molar-refractivity contribution is 14.1. The molecule has 17 heavy (non-hydrogen) atoms. The molecule has 4 N–H and O–H groups in total. The molecule has 0 aliphatic carbocycles. The second-order valence-corrected chi connectivity index (χ2v) is 5.72. The van der Waals surface area contributed by atoms with Crippen LogP contribution in [0.3, 0.4) is 0 Å². The van der Waals surface area contributed by atoms with E-state index in [2.05, 4.69) is 27.9 Å². The van der Waals surface area contributed by atoms with Gasteiger partial charge in [-0.3, -0.25) is 4.79 Å². The van der Waals surface area contributed by atoms with Crippen LogP contribution in [0.1, 0.15) is 19.4 Å². The van der Waals surface area contributed by atoms with Gasteiger partial charge in [0.1, 0.15) is 6.04 Å². The third-order valence-corrected chi connectivity index (χ3v) is 3.14. The number of benzene rings is 1. The summed E-state index contributed by atoms with van der Waals surface area (Å²) < 4.78 is 1.14. The van der Waals surface area contributed by atoms with Crippen LogP contribution in [-0.4, -0.2) is 22.7 Å². The summed E-state index contributed by atoms with van der Waals surface area (Å²) in [5.74, 6) is -0.351. The van der Waals surface area contributed by atoms with Crippen LogP contribution < -0.4 is 11.1 Å². The average Bonchev–Trinajstić information content (AvgIpc) is 2.25. The first-order chi connectivity index (χ1) is 7.80. The fraction of sp³-hybridized carbons (Fsp3) is 0.417. The fourth-order valence-electron chi connectivity index (χ4n) is 1.22. The smallest absolute Gasteiger partial charge is 0.240 e. The van der Waals surface area contributed by atoms with Crippen LogP contribution in [0.4, 0.5) is 0 Å². The third-order valence-electron chi connectivity index (χ3n) is 2.42. The van der Waals surface area contributed by atoms with Crippen molar-refractivity contribution >= 4 is 28.5 Å². The first kappa shape index (κ1) is 14.4. The Hall–Kier alpha value is -0.660. The van der Waals surface area contributed by atoms with Crippen LogP contribution in [0.25, 0.3) is 0 Å². The van der Waals surface area contributed by atoms with E-state index >= 15 is 0 Å². The van der Waals surface area contributed by atoms with Gasteiger partial charge < -0.3 is 16.2 Å². The van der Waals surface area contributed by atoms with Crippen molar-refractivity contribution in [3.8, 4) is 0 Å². The van der Waals surface area contributed by atoms with Gasteiger partial charge in [-0.05, 0) is 54.1 Å². The summed E-state index contributed by atoms with van der Waals surface area (Å²) in [6.45, 7) is 3.45. The maximum absolute atomic E-state index is 11.6. The molecule has 0 aliphatic rings. The van der Waals surface area contributed by atoms with Gasteiger partial charge in [0, 0.05) is 10.1 Å². The van der Waals surface area contributed by atoms with E-state index in [0.29, 0.717) is 6.54 Å². The van der Waals surface area contributed by atoms with Gasteiger partial charge in [-0.15, -0.1) is 0 Å². The zero-order valence-corrected chi connectivity index (χ0v) is 12.1. The molecular weight excluding hydrogens is 331 g/mol. The van der Waals surface area contributed by atoms with Crippen molar-refractivity contribution in [3.05, 3.63) is 33.4 Å². The van der Waals surface area contributed by atoms with E-state index in [4.69, 9.17) is 5.73 Å². The second kappa shape index (κ2) is 5.79. The SMILES string of the molecule is CC(C)(O)[C@H](N)C(=O)NCc1ccc(I)cc1. The summed E-state index contributed by atoms with van der Waals surface area (Å²) in [5.41, 5.74) is 5.41. The molecule has 94 valence electrons. The lowest BCUT2D eigenvalue weighted by Crippen LogP contribution is -2.53. The molecule has 5 heteroatoms. The van der Waals surface area contributed by atoms with E-state index in [0.717, 1.165) is 9.13 Å². The fourth-order valence-corrected chi connectivity index (χ4v) is 1.58. The van der Waals surface area contributed by atoms with Crippen LogP contribution in [0.5, 0.6) is 0 Å². The van der Waals surface area contributed by atoms with Crippen molar-refractivity contribution < 1.29 is 9.90 Å². The highest BCUT2D eigenvalue weighted by Crippen LogP contribution is 2.08. The van der Waals surface area contributed by atoms with Crippen molar-refractivity contribution in [1.29, 1.82) is 0 Å². The molecule has 0 radical (unpaired) electrons. The first-order valence-electron chi connectivity index (χ1n) is 5.31. The van der Waals surface area contributed by atoms with E-state index in [9.17, 15) is 9.90 Å². The molecule has 0 fully saturated rings. The molecular formula is C12H17IN2O2. The summed E-state index contributed by atoms with van der Waals surface area (Å²) in [5, 5.41) is 12.3. The van der Waals surface area contributed by atoms with E-state index in [-0.39, 0.29) is 5.91 Å². The lowest BCUT2D eigenvalue weighted by Gasteiger charge is -2.24. The van der Waals surface area contributed by atoms with Crippen molar-refractivity contribution in [1.82, 2.24) is 5.32 Å². The Morgan fingerprint density at radius 1 is 1.47 bits per heavy atom. The molecule has 0 unspecified atom stereocenters. The zero-order chi connectivity index (χ0) is 13.1. The lowest BCUT2D eigenvalue weighted by molar-refractivity contribution is -0.127. The minimum Gasteiger partial charge on any atom is -0.388 e. The first-order valence-corrected chi connectivity index (χ1v) is 6.38. The number of aliphatic hydroxyl groups is 1. The number of hydrogen-bond acceptors (Lipinski definition) is 3. The largest absolute Gasteiger partial charge is 0.388 e. The Kier molecular flexibility index (Phi) is 4.91. The molecule has 0 saturated heterocycles. The van der Waals surface area contributed by atoms with Gasteiger partial charge in [-0.2, -0.15) is 0 Å². The van der Waals surface area contributed by atoms with E-state index in [1.165, 1.54) is 13.8 Å². The summed E-state index contributed by atoms with van der Waals surface area (Å²) >= 11 is 2.22. The minimum atomic E-state index is -1.21. The minimum absolute atomic E-state index is 0.351. The van der Waals surface area contributed by atoms with Gasteiger partial charge in [0.25, 0.3) is 0 Å². The predicted octanol–water partition coefficient (Wildman–Crippen LogP) is 1.01. The Morgan fingerprint density at radius 3 is 2.47 bits per heavy atom. The summed E-state index contributed by atoms with van der Waals surface area (Å²) in [7, 11) is 0. The third kappa shape index (κ3) is 4.61. The van der Waals surface area contributed by atoms with Gasteiger partial charge in [-0.25, -0.2) is 0 Å². The molecule has 0 saturated carbocycles. The topological polar surface area (TPSA) is 75.3 Å². The number of carbonyl (C=O) groups is 1. The van der Waals surface area contributed by atoms with Crippen molar-refractivity contribution in [3.63, 3.8) is 0 Å². The van der Waals surface area contributed by atoms with E-state index in [1.807, 2.05) is 24.3 Å². The van der Waals surface area contributed by atoms with Crippen LogP contribution in [0.15, 0.2) is 24.3 Å². The molecule has 4 nitrogen and oxygen atoms in total. The highest BCUT2D eigenvalue weighted by atomic mass is 127. The number of carbonyl (C=O) groups excluding carboxylic acids is 1. The molecule has 0 aliphatic heterocycles. The Balaban J connectivity index is 2.51. The molecule has 1 aromatic rings. The maximum Gasteiger partial charge on any atom is 0.240 e. The van der Waals surface area contributed by atoms with Gasteiger partial charge in [0.15, 0.2) is 0 Å². The number of hydrogen-bond donors (Lipinski definition) is 3. The molecule has 1 amide bonds. The van der Waals surface area contributed by atoms with Gasteiger partial charge in [0.05, 0.1) is 5.60 Å². The van der Waals surface area contributed by atoms with Crippen molar-refractivity contribution in [2.24, 2.45) is 5.73 Å². The maximum atomic E-state index is 11.6. The normalized spacial score (nSPS) is 13.2. The summed E-state index contributed by atoms with van der Waals surface area (Å²) in [6, 6.07) is 6.90. The second-order valence-electron chi connectivity index (χ2n) is 4.48. The molecule has 0 spiro atoms. The number of halogens is 1. The van der Waals surface area contributed by atoms with Crippen molar-refractivity contribution in [2.45, 2.75) is 32.0 Å². The molecule has 1 rings (SSSR count). The van der Waals surface area contributed by atoms with Crippen LogP contribution in [-0.2, 0) is 11.3 Å². The summed E-state index contributed by atoms with van der Waals surface area (Å²) in [4.78, 5) is 11.6. The Labute approximate surface area is 115 Å². The predicted molar refractivity (Wildman–Crippen MR) is 75.3 cm³/mol. The average molecular weight is 348 g/mol. The number of nitrogens with one attached hydrogen (secondary N) is 1. The van der Waals surface area contributed by atoms with Crippen LogP contribution in [0.2, 0.25) is 0 Å². The monoisotopic (exact) mass is 348 g/mol. The quantitative estimate of drug-likeness (QED) is 0.711. The number of rotatable bonds is 4. The van der Waals surface area contributed by atoms with Crippen molar-refractivity contribution in [2.75, 3.05) is 0 Å².